The molecule has 0 saturated carbocycles. The zero-order valence-corrected chi connectivity index (χ0v) is 10.7. The normalized spacial score (nSPS) is 12.6. The Balaban J connectivity index is 2.62. The fraction of sp³-hybridized carbons (Fsp3) is 0.462. The number of hydrogen-bond donors (Lipinski definition) is 1. The smallest absolute Gasteiger partial charge is 0.220 e. The van der Waals surface area contributed by atoms with Crippen molar-refractivity contribution in [3.63, 3.8) is 0 Å². The molecule has 1 N–H and O–H groups in total. The molecule has 0 aliphatic carbocycles. The van der Waals surface area contributed by atoms with E-state index in [0.717, 1.165) is 5.56 Å². The summed E-state index contributed by atoms with van der Waals surface area (Å²) in [6.45, 7) is 6.00. The minimum absolute atomic E-state index is 0.0417. The van der Waals surface area contributed by atoms with E-state index in [1.165, 1.54) is 0 Å². The second kappa shape index (κ2) is 5.90. The topological polar surface area (TPSA) is 29.1 Å². The van der Waals surface area contributed by atoms with Crippen molar-refractivity contribution in [3.05, 3.63) is 34.9 Å². The van der Waals surface area contributed by atoms with E-state index in [0.29, 0.717) is 17.4 Å². The van der Waals surface area contributed by atoms with Crippen molar-refractivity contribution < 1.29 is 4.79 Å². The van der Waals surface area contributed by atoms with Gasteiger partial charge in [0.2, 0.25) is 5.91 Å². The molecule has 0 aliphatic heterocycles. The zero-order chi connectivity index (χ0) is 12.1. The van der Waals surface area contributed by atoms with E-state index in [1.54, 1.807) is 0 Å². The summed E-state index contributed by atoms with van der Waals surface area (Å²) < 4.78 is 0. The first-order valence-electron chi connectivity index (χ1n) is 5.54. The second-order valence-electron chi connectivity index (χ2n) is 4.41. The maximum Gasteiger partial charge on any atom is 0.220 e. The lowest BCUT2D eigenvalue weighted by molar-refractivity contribution is -0.122. The Bertz CT molecular complexity index is 363. The molecular formula is C13H18ClNO. The molecule has 1 unspecified atom stereocenters. The van der Waals surface area contributed by atoms with Crippen LogP contribution in [0.1, 0.15) is 38.8 Å². The minimum Gasteiger partial charge on any atom is -0.350 e. The van der Waals surface area contributed by atoms with Crippen LogP contribution in [0.25, 0.3) is 0 Å². The Labute approximate surface area is 102 Å². The average Bonchev–Trinajstić information content (AvgIpc) is 2.16. The van der Waals surface area contributed by atoms with E-state index in [2.05, 4.69) is 5.32 Å². The van der Waals surface area contributed by atoms with Crippen molar-refractivity contribution in [2.75, 3.05) is 0 Å². The van der Waals surface area contributed by atoms with E-state index < -0.39 is 0 Å². The number of hydrogen-bond acceptors (Lipinski definition) is 1. The molecule has 0 bridgehead atoms. The van der Waals surface area contributed by atoms with Crippen molar-refractivity contribution in [1.29, 1.82) is 0 Å². The Morgan fingerprint density at radius 1 is 1.31 bits per heavy atom. The van der Waals surface area contributed by atoms with Crippen LogP contribution in [0, 0.1) is 5.92 Å². The van der Waals surface area contributed by atoms with E-state index in [9.17, 15) is 4.79 Å². The number of nitrogens with one attached hydrogen (secondary N) is 1. The lowest BCUT2D eigenvalue weighted by Gasteiger charge is -2.16. The van der Waals surface area contributed by atoms with Gasteiger partial charge in [-0.25, -0.2) is 0 Å². The van der Waals surface area contributed by atoms with Crippen LogP contribution in [0.3, 0.4) is 0 Å². The highest BCUT2D eigenvalue weighted by Crippen LogP contribution is 2.22. The lowest BCUT2D eigenvalue weighted by atomic mass is 10.1. The van der Waals surface area contributed by atoms with E-state index >= 15 is 0 Å². The number of benzene rings is 1. The Morgan fingerprint density at radius 2 is 1.94 bits per heavy atom. The molecule has 2 nitrogen and oxygen atoms in total. The molecule has 1 aromatic rings. The molecule has 0 spiro atoms. The maximum atomic E-state index is 11.6. The first-order chi connectivity index (χ1) is 7.50. The Morgan fingerprint density at radius 3 is 2.50 bits per heavy atom. The fourth-order valence-electron chi connectivity index (χ4n) is 1.58. The highest BCUT2D eigenvalue weighted by molar-refractivity contribution is 6.31. The quantitative estimate of drug-likeness (QED) is 0.855. The van der Waals surface area contributed by atoms with Crippen LogP contribution in [-0.2, 0) is 4.79 Å². The SMILES string of the molecule is CC(C)CC(=O)NC(C)c1ccccc1Cl. The van der Waals surface area contributed by atoms with E-state index in [4.69, 9.17) is 11.6 Å². The molecule has 1 amide bonds. The number of carbonyl (C=O) groups is 1. The number of rotatable bonds is 4. The third-order valence-electron chi connectivity index (χ3n) is 2.34. The summed E-state index contributed by atoms with van der Waals surface area (Å²) in [6, 6.07) is 7.53. The number of carbonyl (C=O) groups excluding carboxylic acids is 1. The summed E-state index contributed by atoms with van der Waals surface area (Å²) in [5.41, 5.74) is 0.960. The summed E-state index contributed by atoms with van der Waals surface area (Å²) in [5, 5.41) is 3.64. The van der Waals surface area contributed by atoms with Crippen LogP contribution in [-0.4, -0.2) is 5.91 Å². The summed E-state index contributed by atoms with van der Waals surface area (Å²) in [5.74, 6) is 0.445. The predicted octanol–water partition coefficient (Wildman–Crippen LogP) is 3.56. The molecule has 0 fully saturated rings. The third-order valence-corrected chi connectivity index (χ3v) is 2.69. The van der Waals surface area contributed by atoms with Crippen LogP contribution < -0.4 is 5.32 Å². The molecule has 88 valence electrons. The average molecular weight is 240 g/mol. The maximum absolute atomic E-state index is 11.6. The van der Waals surface area contributed by atoms with Gasteiger partial charge in [0.05, 0.1) is 6.04 Å². The van der Waals surface area contributed by atoms with Gasteiger partial charge < -0.3 is 5.32 Å². The molecule has 16 heavy (non-hydrogen) atoms. The number of amides is 1. The molecule has 3 heteroatoms. The third kappa shape index (κ3) is 3.86. The molecule has 0 heterocycles. The van der Waals surface area contributed by atoms with Gasteiger partial charge in [-0.05, 0) is 24.5 Å². The summed E-state index contributed by atoms with van der Waals surface area (Å²) in [6.07, 6.45) is 0.550. The monoisotopic (exact) mass is 239 g/mol. The van der Waals surface area contributed by atoms with Gasteiger partial charge in [-0.3, -0.25) is 4.79 Å². The highest BCUT2D eigenvalue weighted by atomic mass is 35.5. The molecule has 1 atom stereocenters. The first-order valence-corrected chi connectivity index (χ1v) is 5.92. The lowest BCUT2D eigenvalue weighted by Crippen LogP contribution is -2.27. The summed E-state index contributed by atoms with van der Waals surface area (Å²) in [4.78, 5) is 11.6. The molecular weight excluding hydrogens is 222 g/mol. The van der Waals surface area contributed by atoms with Gasteiger partial charge in [0.1, 0.15) is 0 Å². The van der Waals surface area contributed by atoms with Gasteiger partial charge in [-0.15, -0.1) is 0 Å². The molecule has 0 radical (unpaired) electrons. The van der Waals surface area contributed by atoms with Gasteiger partial charge >= 0.3 is 0 Å². The van der Waals surface area contributed by atoms with E-state index in [1.807, 2.05) is 45.0 Å². The van der Waals surface area contributed by atoms with Crippen molar-refractivity contribution >= 4 is 17.5 Å². The van der Waals surface area contributed by atoms with Gasteiger partial charge in [0.25, 0.3) is 0 Å². The Hall–Kier alpha value is -1.02. The second-order valence-corrected chi connectivity index (χ2v) is 4.82. The van der Waals surface area contributed by atoms with Crippen LogP contribution >= 0.6 is 11.6 Å². The largest absolute Gasteiger partial charge is 0.350 e. The van der Waals surface area contributed by atoms with Crippen LogP contribution in [0.5, 0.6) is 0 Å². The van der Waals surface area contributed by atoms with Crippen molar-refractivity contribution in [1.82, 2.24) is 5.32 Å². The van der Waals surface area contributed by atoms with Crippen LogP contribution in [0.2, 0.25) is 5.02 Å². The van der Waals surface area contributed by atoms with Crippen molar-refractivity contribution in [2.24, 2.45) is 5.92 Å². The summed E-state index contributed by atoms with van der Waals surface area (Å²) >= 11 is 6.06. The summed E-state index contributed by atoms with van der Waals surface area (Å²) in [7, 11) is 0. The van der Waals surface area contributed by atoms with Gasteiger partial charge in [-0.1, -0.05) is 43.6 Å². The first kappa shape index (κ1) is 13.0. The molecule has 1 aromatic carbocycles. The highest BCUT2D eigenvalue weighted by Gasteiger charge is 2.12. The Kier molecular flexibility index (Phi) is 4.81. The van der Waals surface area contributed by atoms with Gasteiger partial charge in [0, 0.05) is 11.4 Å². The van der Waals surface area contributed by atoms with Crippen molar-refractivity contribution in [2.45, 2.75) is 33.2 Å². The van der Waals surface area contributed by atoms with Gasteiger partial charge in [-0.2, -0.15) is 0 Å². The van der Waals surface area contributed by atoms with Gasteiger partial charge in [0.15, 0.2) is 0 Å². The fourth-order valence-corrected chi connectivity index (χ4v) is 1.87. The van der Waals surface area contributed by atoms with Crippen LogP contribution in [0.15, 0.2) is 24.3 Å². The van der Waals surface area contributed by atoms with Crippen LogP contribution in [0.4, 0.5) is 0 Å². The minimum atomic E-state index is -0.0417. The molecule has 0 saturated heterocycles. The molecule has 1 rings (SSSR count). The predicted molar refractivity (Wildman–Crippen MR) is 67.5 cm³/mol. The molecule has 0 aromatic heterocycles. The zero-order valence-electron chi connectivity index (χ0n) is 9.96. The molecule has 0 aliphatic rings. The van der Waals surface area contributed by atoms with Crippen molar-refractivity contribution in [3.8, 4) is 0 Å². The van der Waals surface area contributed by atoms with E-state index in [-0.39, 0.29) is 11.9 Å². The standard InChI is InChI=1S/C13H18ClNO/c1-9(2)8-13(16)15-10(3)11-6-4-5-7-12(11)14/h4-7,9-10H,8H2,1-3H3,(H,15,16). The number of halogens is 1.